The summed E-state index contributed by atoms with van der Waals surface area (Å²) in [5, 5.41) is 5.44. The normalized spacial score (nSPS) is 16.4. The van der Waals surface area contributed by atoms with Crippen molar-refractivity contribution in [3.63, 3.8) is 0 Å². The molecule has 0 radical (unpaired) electrons. The fourth-order valence-electron chi connectivity index (χ4n) is 1.84. The first-order valence-corrected chi connectivity index (χ1v) is 7.42. The Kier molecular flexibility index (Phi) is 3.13. The second kappa shape index (κ2) is 4.76. The summed E-state index contributed by atoms with van der Waals surface area (Å²) in [6, 6.07) is 2.20. The van der Waals surface area contributed by atoms with E-state index in [4.69, 9.17) is 9.72 Å². The Morgan fingerprint density at radius 3 is 2.76 bits per heavy atom. The van der Waals surface area contributed by atoms with Crippen molar-refractivity contribution in [2.24, 2.45) is 0 Å². The number of hydrogen-bond donors (Lipinski definition) is 0. The standard InChI is InChI=1S/C12H14N2OS2/c1-9-6-11(16-7-9)10-8-17-12(13-10)14-2-4-15-5-3-14/h6-8H,2-5H2,1H3. The molecule has 0 saturated carbocycles. The lowest BCUT2D eigenvalue weighted by Crippen LogP contribution is -2.36. The van der Waals surface area contributed by atoms with E-state index in [0.717, 1.165) is 37.1 Å². The van der Waals surface area contributed by atoms with Crippen molar-refractivity contribution in [2.75, 3.05) is 31.2 Å². The zero-order valence-corrected chi connectivity index (χ0v) is 11.3. The number of nitrogens with zero attached hydrogens (tertiary/aromatic N) is 2. The summed E-state index contributed by atoms with van der Waals surface area (Å²) in [5.74, 6) is 0. The number of morpholine rings is 1. The number of rotatable bonds is 2. The van der Waals surface area contributed by atoms with E-state index in [1.54, 1.807) is 22.7 Å². The van der Waals surface area contributed by atoms with Crippen LogP contribution in [0.5, 0.6) is 0 Å². The predicted molar refractivity (Wildman–Crippen MR) is 73.2 cm³/mol. The zero-order valence-electron chi connectivity index (χ0n) is 9.68. The van der Waals surface area contributed by atoms with Crippen LogP contribution in [0, 0.1) is 6.92 Å². The molecule has 0 unspecified atom stereocenters. The van der Waals surface area contributed by atoms with Crippen molar-refractivity contribution < 1.29 is 4.74 Å². The predicted octanol–water partition coefficient (Wildman–Crippen LogP) is 3.02. The average Bonchev–Trinajstić information content (AvgIpc) is 2.98. The summed E-state index contributed by atoms with van der Waals surface area (Å²) < 4.78 is 5.35. The summed E-state index contributed by atoms with van der Waals surface area (Å²) >= 11 is 3.49. The topological polar surface area (TPSA) is 25.4 Å². The molecule has 90 valence electrons. The minimum atomic E-state index is 0.813. The largest absolute Gasteiger partial charge is 0.378 e. The highest BCUT2D eigenvalue weighted by Crippen LogP contribution is 2.31. The fraction of sp³-hybridized carbons (Fsp3) is 0.417. The van der Waals surface area contributed by atoms with Gasteiger partial charge < -0.3 is 9.64 Å². The number of aromatic nitrogens is 1. The number of aryl methyl sites for hydroxylation is 1. The average molecular weight is 266 g/mol. The molecule has 0 N–H and O–H groups in total. The van der Waals surface area contributed by atoms with Gasteiger partial charge >= 0.3 is 0 Å². The highest BCUT2D eigenvalue weighted by Gasteiger charge is 2.15. The zero-order chi connectivity index (χ0) is 11.7. The molecule has 2 aromatic rings. The van der Waals surface area contributed by atoms with Crippen molar-refractivity contribution >= 4 is 27.8 Å². The first kappa shape index (κ1) is 11.2. The van der Waals surface area contributed by atoms with E-state index >= 15 is 0 Å². The first-order valence-electron chi connectivity index (χ1n) is 5.66. The molecule has 5 heteroatoms. The lowest BCUT2D eigenvalue weighted by molar-refractivity contribution is 0.122. The summed E-state index contributed by atoms with van der Waals surface area (Å²) in [6.07, 6.45) is 0. The van der Waals surface area contributed by atoms with Gasteiger partial charge in [0.25, 0.3) is 0 Å². The van der Waals surface area contributed by atoms with E-state index in [1.165, 1.54) is 10.4 Å². The van der Waals surface area contributed by atoms with Gasteiger partial charge in [-0.2, -0.15) is 0 Å². The van der Waals surface area contributed by atoms with Crippen LogP contribution in [0.25, 0.3) is 10.6 Å². The summed E-state index contributed by atoms with van der Waals surface area (Å²) in [6.45, 7) is 5.65. The number of ether oxygens (including phenoxy) is 1. The molecule has 17 heavy (non-hydrogen) atoms. The Balaban J connectivity index is 1.82. The monoisotopic (exact) mass is 266 g/mol. The maximum absolute atomic E-state index is 5.35. The lowest BCUT2D eigenvalue weighted by Gasteiger charge is -2.25. The quantitative estimate of drug-likeness (QED) is 0.835. The third-order valence-corrected chi connectivity index (χ3v) is 4.73. The van der Waals surface area contributed by atoms with Crippen LogP contribution < -0.4 is 4.90 Å². The minimum absolute atomic E-state index is 0.813. The molecule has 1 aliphatic rings. The molecule has 0 bridgehead atoms. The van der Waals surface area contributed by atoms with Crippen molar-refractivity contribution in [3.05, 3.63) is 22.4 Å². The Bertz CT molecular complexity index is 500. The molecule has 2 aromatic heterocycles. The van der Waals surface area contributed by atoms with E-state index < -0.39 is 0 Å². The van der Waals surface area contributed by atoms with Crippen molar-refractivity contribution in [2.45, 2.75) is 6.92 Å². The number of thiazole rings is 1. The molecule has 3 heterocycles. The lowest BCUT2D eigenvalue weighted by atomic mass is 10.3. The van der Waals surface area contributed by atoms with Gasteiger partial charge in [-0.3, -0.25) is 0 Å². The van der Waals surface area contributed by atoms with E-state index in [-0.39, 0.29) is 0 Å². The molecule has 3 nitrogen and oxygen atoms in total. The van der Waals surface area contributed by atoms with Crippen molar-refractivity contribution in [1.82, 2.24) is 4.98 Å². The van der Waals surface area contributed by atoms with Crippen LogP contribution in [0.2, 0.25) is 0 Å². The summed E-state index contributed by atoms with van der Waals surface area (Å²) in [4.78, 5) is 8.28. The van der Waals surface area contributed by atoms with Crippen LogP contribution in [0.3, 0.4) is 0 Å². The smallest absolute Gasteiger partial charge is 0.186 e. The van der Waals surface area contributed by atoms with Gasteiger partial charge in [0, 0.05) is 18.5 Å². The van der Waals surface area contributed by atoms with Crippen molar-refractivity contribution in [3.8, 4) is 10.6 Å². The summed E-state index contributed by atoms with van der Waals surface area (Å²) in [5.41, 5.74) is 2.42. The van der Waals surface area contributed by atoms with E-state index in [9.17, 15) is 0 Å². The highest BCUT2D eigenvalue weighted by molar-refractivity contribution is 7.16. The van der Waals surface area contributed by atoms with Crippen LogP contribution >= 0.6 is 22.7 Å². The Labute approximate surface area is 109 Å². The Hall–Kier alpha value is -0.910. The van der Waals surface area contributed by atoms with E-state index in [0.29, 0.717) is 0 Å². The summed E-state index contributed by atoms with van der Waals surface area (Å²) in [7, 11) is 0. The third-order valence-electron chi connectivity index (χ3n) is 2.76. The van der Waals surface area contributed by atoms with E-state index in [1.807, 2.05) is 0 Å². The van der Waals surface area contributed by atoms with Gasteiger partial charge in [-0.15, -0.1) is 22.7 Å². The molecule has 0 atom stereocenters. The number of hydrogen-bond acceptors (Lipinski definition) is 5. The first-order chi connectivity index (χ1) is 8.33. The van der Waals surface area contributed by atoms with Crippen molar-refractivity contribution in [1.29, 1.82) is 0 Å². The van der Waals surface area contributed by atoms with Gasteiger partial charge in [-0.05, 0) is 23.9 Å². The van der Waals surface area contributed by atoms with Crippen LogP contribution in [0.4, 0.5) is 5.13 Å². The van der Waals surface area contributed by atoms with Crippen LogP contribution in [0.1, 0.15) is 5.56 Å². The Morgan fingerprint density at radius 2 is 2.06 bits per heavy atom. The second-order valence-corrected chi connectivity index (χ2v) is 5.85. The van der Waals surface area contributed by atoms with E-state index in [2.05, 4.69) is 28.7 Å². The molecule has 1 fully saturated rings. The number of thiophene rings is 1. The second-order valence-electron chi connectivity index (χ2n) is 4.10. The van der Waals surface area contributed by atoms with Crippen LogP contribution in [-0.2, 0) is 4.74 Å². The maximum Gasteiger partial charge on any atom is 0.186 e. The molecular formula is C12H14N2OS2. The van der Waals surface area contributed by atoms with Gasteiger partial charge in [0.2, 0.25) is 0 Å². The fourth-order valence-corrected chi connectivity index (χ4v) is 3.66. The minimum Gasteiger partial charge on any atom is -0.378 e. The molecule has 0 aliphatic carbocycles. The molecule has 1 saturated heterocycles. The van der Waals surface area contributed by atoms with Gasteiger partial charge in [0.15, 0.2) is 5.13 Å². The van der Waals surface area contributed by atoms with Crippen LogP contribution in [0.15, 0.2) is 16.8 Å². The van der Waals surface area contributed by atoms with Crippen LogP contribution in [-0.4, -0.2) is 31.3 Å². The highest BCUT2D eigenvalue weighted by atomic mass is 32.1. The molecular weight excluding hydrogens is 252 g/mol. The third kappa shape index (κ3) is 2.36. The van der Waals surface area contributed by atoms with Gasteiger partial charge in [-0.1, -0.05) is 0 Å². The molecule has 0 spiro atoms. The SMILES string of the molecule is Cc1csc(-c2csc(N3CCOCC3)n2)c1. The number of anilines is 1. The molecule has 3 rings (SSSR count). The molecule has 0 aromatic carbocycles. The molecule has 0 amide bonds. The molecule has 1 aliphatic heterocycles. The van der Waals surface area contributed by atoms with Gasteiger partial charge in [-0.25, -0.2) is 4.98 Å². The van der Waals surface area contributed by atoms with Gasteiger partial charge in [0.1, 0.15) is 0 Å². The van der Waals surface area contributed by atoms with Gasteiger partial charge in [0.05, 0.1) is 23.8 Å². The Morgan fingerprint density at radius 1 is 1.24 bits per heavy atom. The maximum atomic E-state index is 5.35.